The Labute approximate surface area is 95.5 Å². The van der Waals surface area contributed by atoms with E-state index in [0.29, 0.717) is 16.8 Å². The summed E-state index contributed by atoms with van der Waals surface area (Å²) in [6, 6.07) is 6.53. The third kappa shape index (κ3) is 2.51. The van der Waals surface area contributed by atoms with Crippen LogP contribution in [-0.2, 0) is 0 Å². The summed E-state index contributed by atoms with van der Waals surface area (Å²) in [6.07, 6.45) is -0.771. The highest BCUT2D eigenvalue weighted by molar-refractivity contribution is 5.55. The van der Waals surface area contributed by atoms with E-state index in [9.17, 15) is 5.11 Å². The molecule has 2 atom stereocenters. The van der Waals surface area contributed by atoms with Gasteiger partial charge in [-0.2, -0.15) is 5.26 Å². The van der Waals surface area contributed by atoms with Crippen LogP contribution < -0.4 is 11.5 Å². The summed E-state index contributed by atoms with van der Waals surface area (Å²) in [7, 11) is 0. The number of aliphatic hydroxyl groups excluding tert-OH is 1. The van der Waals surface area contributed by atoms with Crippen LogP contribution in [0.25, 0.3) is 0 Å². The maximum atomic E-state index is 10.00. The summed E-state index contributed by atoms with van der Waals surface area (Å²) >= 11 is 0. The van der Waals surface area contributed by atoms with Crippen LogP contribution in [0.2, 0.25) is 0 Å². The first-order chi connectivity index (χ1) is 7.47. The SMILES string of the molecule is CC(C)C(N)C(O)c1ccc(N)c(C#N)c1. The van der Waals surface area contributed by atoms with E-state index in [0.717, 1.165) is 0 Å². The number of hydrogen-bond acceptors (Lipinski definition) is 4. The van der Waals surface area contributed by atoms with Gasteiger partial charge in [0.2, 0.25) is 0 Å². The Bertz CT molecular complexity index is 409. The molecule has 0 saturated carbocycles. The van der Waals surface area contributed by atoms with Crippen molar-refractivity contribution in [2.24, 2.45) is 11.7 Å². The van der Waals surface area contributed by atoms with Gasteiger partial charge in [-0.25, -0.2) is 0 Å². The molecule has 0 aliphatic heterocycles. The zero-order valence-corrected chi connectivity index (χ0v) is 9.51. The second kappa shape index (κ2) is 4.97. The van der Waals surface area contributed by atoms with Crippen LogP contribution in [0.1, 0.15) is 31.1 Å². The topological polar surface area (TPSA) is 96.1 Å². The molecule has 0 bridgehead atoms. The standard InChI is InChI=1S/C12H17N3O/c1-7(2)11(15)12(16)8-3-4-10(14)9(5-8)6-13/h3-5,7,11-12,16H,14-15H2,1-2H3. The highest BCUT2D eigenvalue weighted by atomic mass is 16.3. The summed E-state index contributed by atoms with van der Waals surface area (Å²) in [5.41, 5.74) is 12.9. The number of nitrogens with two attached hydrogens (primary N) is 2. The van der Waals surface area contributed by atoms with Gasteiger partial charge < -0.3 is 16.6 Å². The minimum Gasteiger partial charge on any atom is -0.398 e. The summed E-state index contributed by atoms with van der Waals surface area (Å²) in [5.74, 6) is 0.165. The molecule has 0 spiro atoms. The Kier molecular flexibility index (Phi) is 3.88. The maximum absolute atomic E-state index is 10.00. The second-order valence-corrected chi connectivity index (χ2v) is 4.22. The minimum absolute atomic E-state index is 0.165. The number of benzene rings is 1. The first-order valence-corrected chi connectivity index (χ1v) is 5.20. The molecular formula is C12H17N3O. The lowest BCUT2D eigenvalue weighted by molar-refractivity contribution is 0.126. The van der Waals surface area contributed by atoms with E-state index in [4.69, 9.17) is 16.7 Å². The average molecular weight is 219 g/mol. The normalized spacial score (nSPS) is 14.5. The molecule has 0 aromatic heterocycles. The summed E-state index contributed by atoms with van der Waals surface area (Å²) < 4.78 is 0. The third-order valence-corrected chi connectivity index (χ3v) is 2.67. The predicted octanol–water partition coefficient (Wildman–Crippen LogP) is 1.16. The fraction of sp³-hybridized carbons (Fsp3) is 0.417. The van der Waals surface area contributed by atoms with Crippen molar-refractivity contribution in [3.05, 3.63) is 29.3 Å². The number of nitriles is 1. The van der Waals surface area contributed by atoms with Crippen molar-refractivity contribution in [2.75, 3.05) is 5.73 Å². The predicted molar refractivity (Wildman–Crippen MR) is 63.3 cm³/mol. The van der Waals surface area contributed by atoms with Gasteiger partial charge in [0, 0.05) is 11.7 Å². The summed E-state index contributed by atoms with van der Waals surface area (Å²) in [6.45, 7) is 3.88. The first-order valence-electron chi connectivity index (χ1n) is 5.20. The summed E-state index contributed by atoms with van der Waals surface area (Å²) in [4.78, 5) is 0. The maximum Gasteiger partial charge on any atom is 0.101 e. The highest BCUT2D eigenvalue weighted by Crippen LogP contribution is 2.23. The van der Waals surface area contributed by atoms with Gasteiger partial charge in [-0.1, -0.05) is 19.9 Å². The smallest absolute Gasteiger partial charge is 0.101 e. The van der Waals surface area contributed by atoms with Crippen molar-refractivity contribution in [3.8, 4) is 6.07 Å². The van der Waals surface area contributed by atoms with Gasteiger partial charge in [0.15, 0.2) is 0 Å². The molecule has 1 aromatic rings. The van der Waals surface area contributed by atoms with Crippen LogP contribution in [0.4, 0.5) is 5.69 Å². The average Bonchev–Trinajstić information content (AvgIpc) is 2.27. The third-order valence-electron chi connectivity index (χ3n) is 2.67. The van der Waals surface area contributed by atoms with Gasteiger partial charge in [-0.15, -0.1) is 0 Å². The molecule has 1 rings (SSSR count). The van der Waals surface area contributed by atoms with Crippen LogP contribution >= 0.6 is 0 Å². The molecule has 4 nitrogen and oxygen atoms in total. The van der Waals surface area contributed by atoms with Gasteiger partial charge in [0.1, 0.15) is 6.07 Å². The number of anilines is 1. The Morgan fingerprint density at radius 1 is 1.38 bits per heavy atom. The minimum atomic E-state index is -0.771. The molecule has 0 fully saturated rings. The Balaban J connectivity index is 3.02. The number of hydrogen-bond donors (Lipinski definition) is 3. The second-order valence-electron chi connectivity index (χ2n) is 4.22. The number of aliphatic hydroxyl groups is 1. The van der Waals surface area contributed by atoms with Crippen LogP contribution in [-0.4, -0.2) is 11.1 Å². The molecule has 16 heavy (non-hydrogen) atoms. The van der Waals surface area contributed by atoms with E-state index in [-0.39, 0.29) is 12.0 Å². The molecular weight excluding hydrogens is 202 g/mol. The molecule has 0 aliphatic carbocycles. The van der Waals surface area contributed by atoms with E-state index in [1.54, 1.807) is 18.2 Å². The fourth-order valence-electron chi connectivity index (χ4n) is 1.44. The Morgan fingerprint density at radius 3 is 2.50 bits per heavy atom. The lowest BCUT2D eigenvalue weighted by Gasteiger charge is -2.22. The zero-order chi connectivity index (χ0) is 12.3. The fourth-order valence-corrected chi connectivity index (χ4v) is 1.44. The van der Waals surface area contributed by atoms with Crippen LogP contribution in [0, 0.1) is 17.2 Å². The van der Waals surface area contributed by atoms with E-state index in [1.807, 2.05) is 19.9 Å². The van der Waals surface area contributed by atoms with Gasteiger partial charge in [0.05, 0.1) is 11.7 Å². The molecule has 0 saturated heterocycles. The molecule has 0 aliphatic rings. The molecule has 0 heterocycles. The quantitative estimate of drug-likeness (QED) is 0.664. The molecule has 5 N–H and O–H groups in total. The van der Waals surface area contributed by atoms with E-state index in [2.05, 4.69) is 0 Å². The van der Waals surface area contributed by atoms with Crippen molar-refractivity contribution in [3.63, 3.8) is 0 Å². The number of rotatable bonds is 3. The zero-order valence-electron chi connectivity index (χ0n) is 9.51. The molecule has 1 aromatic carbocycles. The molecule has 4 heteroatoms. The van der Waals surface area contributed by atoms with E-state index >= 15 is 0 Å². The van der Waals surface area contributed by atoms with Crippen molar-refractivity contribution >= 4 is 5.69 Å². The van der Waals surface area contributed by atoms with Crippen LogP contribution in [0.5, 0.6) is 0 Å². The summed E-state index contributed by atoms with van der Waals surface area (Å²) in [5, 5.41) is 18.8. The molecule has 2 unspecified atom stereocenters. The molecule has 0 amide bonds. The van der Waals surface area contributed by atoms with Crippen molar-refractivity contribution in [2.45, 2.75) is 26.0 Å². The largest absolute Gasteiger partial charge is 0.398 e. The number of nitrogens with zero attached hydrogens (tertiary/aromatic N) is 1. The number of nitrogen functional groups attached to an aromatic ring is 1. The van der Waals surface area contributed by atoms with Crippen molar-refractivity contribution in [1.82, 2.24) is 0 Å². The van der Waals surface area contributed by atoms with E-state index < -0.39 is 6.10 Å². The van der Waals surface area contributed by atoms with Crippen LogP contribution in [0.15, 0.2) is 18.2 Å². The van der Waals surface area contributed by atoms with Crippen molar-refractivity contribution < 1.29 is 5.11 Å². The molecule has 86 valence electrons. The Hall–Kier alpha value is -1.57. The lowest BCUT2D eigenvalue weighted by atomic mass is 9.93. The Morgan fingerprint density at radius 2 is 2.00 bits per heavy atom. The monoisotopic (exact) mass is 219 g/mol. The highest BCUT2D eigenvalue weighted by Gasteiger charge is 2.20. The van der Waals surface area contributed by atoms with Gasteiger partial charge in [-0.05, 0) is 23.6 Å². The van der Waals surface area contributed by atoms with Gasteiger partial charge in [0.25, 0.3) is 0 Å². The van der Waals surface area contributed by atoms with Crippen LogP contribution in [0.3, 0.4) is 0 Å². The first kappa shape index (κ1) is 12.5. The molecule has 0 radical (unpaired) electrons. The lowest BCUT2D eigenvalue weighted by Crippen LogP contribution is -2.33. The van der Waals surface area contributed by atoms with Crippen molar-refractivity contribution in [1.29, 1.82) is 5.26 Å². The van der Waals surface area contributed by atoms with E-state index in [1.165, 1.54) is 0 Å². The van der Waals surface area contributed by atoms with Gasteiger partial charge in [-0.3, -0.25) is 0 Å². The van der Waals surface area contributed by atoms with Gasteiger partial charge >= 0.3 is 0 Å².